The van der Waals surface area contributed by atoms with E-state index in [0.29, 0.717) is 0 Å². The second-order valence-electron chi connectivity index (χ2n) is 7.87. The maximum absolute atomic E-state index is 4.95. The lowest BCUT2D eigenvalue weighted by atomic mass is 9.93. The Morgan fingerprint density at radius 1 is 0.406 bits per heavy atom. The number of aromatic nitrogens is 2. The molecular weight excluding hydrogens is 428 g/mol. The lowest BCUT2D eigenvalue weighted by Gasteiger charge is -2.11. The van der Waals surface area contributed by atoms with Gasteiger partial charge in [0.2, 0.25) is 0 Å². The van der Waals surface area contributed by atoms with Gasteiger partial charge in [-0.05, 0) is 38.4 Å². The van der Waals surface area contributed by atoms with Gasteiger partial charge in [-0.25, -0.2) is 9.97 Å². The average Bonchev–Trinajstić information content (AvgIpc) is 3.44. The minimum atomic E-state index is 1.01. The Labute approximate surface area is 192 Å². The maximum atomic E-state index is 4.95. The molecule has 32 heavy (non-hydrogen) atoms. The molecule has 0 radical (unpaired) electrons. The third-order valence-corrected chi connectivity index (χ3v) is 8.11. The predicted molar refractivity (Wildman–Crippen MR) is 139 cm³/mol. The van der Waals surface area contributed by atoms with Crippen molar-refractivity contribution in [3.63, 3.8) is 0 Å². The zero-order chi connectivity index (χ0) is 21.1. The van der Waals surface area contributed by atoms with E-state index in [1.54, 1.807) is 22.7 Å². The Balaban J connectivity index is 1.42. The summed E-state index contributed by atoms with van der Waals surface area (Å²) in [4.78, 5) is 11.8. The smallest absolute Gasteiger partial charge is 0.155 e. The quantitative estimate of drug-likeness (QED) is 0.250. The van der Waals surface area contributed by atoms with Crippen LogP contribution in [-0.4, -0.2) is 9.97 Å². The van der Waals surface area contributed by atoms with Crippen LogP contribution in [0.15, 0.2) is 97.1 Å². The molecule has 0 saturated carbocycles. The molecule has 0 N–H and O–H groups in total. The summed E-state index contributed by atoms with van der Waals surface area (Å²) in [6.45, 7) is 0. The molecule has 0 aliphatic rings. The van der Waals surface area contributed by atoms with Crippen molar-refractivity contribution in [2.45, 2.75) is 0 Å². The molecule has 7 aromatic rings. The van der Waals surface area contributed by atoms with Crippen LogP contribution in [0.3, 0.4) is 0 Å². The van der Waals surface area contributed by atoms with E-state index in [0.717, 1.165) is 30.8 Å². The van der Waals surface area contributed by atoms with E-state index in [4.69, 9.17) is 9.97 Å². The van der Waals surface area contributed by atoms with Crippen LogP contribution in [0, 0.1) is 0 Å². The van der Waals surface area contributed by atoms with Crippen molar-refractivity contribution in [3.8, 4) is 21.1 Å². The van der Waals surface area contributed by atoms with Gasteiger partial charge in [-0.3, -0.25) is 0 Å². The standard InChI is InChI=1S/C28H16N2S2/c1-2-8-17(9-3-1)25-29-27-28(31-25)30-26(32-27)18-14-15-23-21-12-5-4-10-19(21)20-11-6-7-13-22(20)24(23)16-18/h1-16H. The molecule has 0 aliphatic carbocycles. The highest BCUT2D eigenvalue weighted by Gasteiger charge is 2.14. The number of fused-ring (bicyclic) bond motifs is 7. The summed E-state index contributed by atoms with van der Waals surface area (Å²) in [6, 6.07) is 34.4. The zero-order valence-electron chi connectivity index (χ0n) is 16.9. The number of hydrogen-bond acceptors (Lipinski definition) is 4. The Hall–Kier alpha value is -3.60. The second-order valence-corrected chi connectivity index (χ2v) is 9.82. The van der Waals surface area contributed by atoms with Gasteiger partial charge >= 0.3 is 0 Å². The van der Waals surface area contributed by atoms with Gasteiger partial charge in [0.15, 0.2) is 9.66 Å². The van der Waals surface area contributed by atoms with Crippen molar-refractivity contribution < 1.29 is 0 Å². The van der Waals surface area contributed by atoms with Crippen LogP contribution in [0.1, 0.15) is 0 Å². The van der Waals surface area contributed by atoms with Gasteiger partial charge in [0, 0.05) is 11.1 Å². The van der Waals surface area contributed by atoms with E-state index in [-0.39, 0.29) is 0 Å². The SMILES string of the molecule is c1ccc(-c2nc3sc(-c4ccc5c6ccccc6c6ccccc6c5c4)nc3s2)cc1. The number of benzene rings is 5. The van der Waals surface area contributed by atoms with Crippen molar-refractivity contribution in [2.75, 3.05) is 0 Å². The maximum Gasteiger partial charge on any atom is 0.155 e. The normalized spacial score (nSPS) is 11.8. The third kappa shape index (κ3) is 2.70. The lowest BCUT2D eigenvalue weighted by Crippen LogP contribution is -1.84. The van der Waals surface area contributed by atoms with Gasteiger partial charge in [-0.15, -0.1) is 0 Å². The summed E-state index contributed by atoms with van der Waals surface area (Å²) in [5.41, 5.74) is 2.29. The zero-order valence-corrected chi connectivity index (χ0v) is 18.6. The van der Waals surface area contributed by atoms with Crippen LogP contribution in [-0.2, 0) is 0 Å². The molecule has 0 amide bonds. The Morgan fingerprint density at radius 3 is 1.47 bits per heavy atom. The average molecular weight is 445 g/mol. The fourth-order valence-electron chi connectivity index (χ4n) is 4.51. The monoisotopic (exact) mass is 444 g/mol. The van der Waals surface area contributed by atoms with Crippen LogP contribution in [0.4, 0.5) is 0 Å². The first-order valence-corrected chi connectivity index (χ1v) is 12.1. The summed E-state index contributed by atoms with van der Waals surface area (Å²) < 4.78 is 0. The summed E-state index contributed by atoms with van der Waals surface area (Å²) in [6.07, 6.45) is 0. The molecule has 0 aliphatic heterocycles. The molecule has 2 nitrogen and oxygen atoms in total. The summed E-state index contributed by atoms with van der Waals surface area (Å²) in [5, 5.41) is 9.78. The van der Waals surface area contributed by atoms with Crippen molar-refractivity contribution in [1.82, 2.24) is 9.97 Å². The molecule has 0 unspecified atom stereocenters. The van der Waals surface area contributed by atoms with Gasteiger partial charge in [-0.2, -0.15) is 0 Å². The van der Waals surface area contributed by atoms with Crippen LogP contribution >= 0.6 is 22.7 Å². The van der Waals surface area contributed by atoms with Gasteiger partial charge in [0.05, 0.1) is 0 Å². The highest BCUT2D eigenvalue weighted by Crippen LogP contribution is 2.40. The molecule has 2 heterocycles. The Bertz CT molecular complexity index is 1710. The van der Waals surface area contributed by atoms with E-state index in [2.05, 4.69) is 78.9 Å². The number of nitrogens with zero attached hydrogens (tertiary/aromatic N) is 2. The van der Waals surface area contributed by atoms with Crippen LogP contribution < -0.4 is 0 Å². The molecule has 0 bridgehead atoms. The molecule has 7 rings (SSSR count). The third-order valence-electron chi connectivity index (χ3n) is 5.99. The molecule has 5 aromatic carbocycles. The summed E-state index contributed by atoms with van der Waals surface area (Å²) in [7, 11) is 0. The van der Waals surface area contributed by atoms with E-state index >= 15 is 0 Å². The van der Waals surface area contributed by atoms with Gasteiger partial charge in [0.25, 0.3) is 0 Å². The predicted octanol–water partition coefficient (Wildman–Crippen LogP) is 8.55. The highest BCUT2D eigenvalue weighted by atomic mass is 32.1. The second kappa shape index (κ2) is 6.95. The molecule has 4 heteroatoms. The van der Waals surface area contributed by atoms with Crippen molar-refractivity contribution in [3.05, 3.63) is 97.1 Å². The topological polar surface area (TPSA) is 25.8 Å². The molecule has 0 saturated heterocycles. The molecule has 150 valence electrons. The van der Waals surface area contributed by atoms with Crippen molar-refractivity contribution >= 4 is 64.7 Å². The summed E-state index contributed by atoms with van der Waals surface area (Å²) in [5.74, 6) is 0. The van der Waals surface area contributed by atoms with E-state index in [9.17, 15) is 0 Å². The molecule has 0 atom stereocenters. The Kier molecular flexibility index (Phi) is 3.92. The number of rotatable bonds is 2. The first-order chi connectivity index (χ1) is 15.8. The van der Waals surface area contributed by atoms with Gasteiger partial charge in [0.1, 0.15) is 10.0 Å². The van der Waals surface area contributed by atoms with Crippen molar-refractivity contribution in [1.29, 1.82) is 0 Å². The highest BCUT2D eigenvalue weighted by molar-refractivity contribution is 7.29. The van der Waals surface area contributed by atoms with Gasteiger partial charge in [-0.1, -0.05) is 114 Å². The fourth-order valence-corrected chi connectivity index (χ4v) is 6.55. The number of hydrogen-bond donors (Lipinski definition) is 0. The van der Waals surface area contributed by atoms with E-state index in [1.165, 1.54) is 32.3 Å². The van der Waals surface area contributed by atoms with Gasteiger partial charge < -0.3 is 0 Å². The van der Waals surface area contributed by atoms with E-state index < -0.39 is 0 Å². The minimum absolute atomic E-state index is 1.01. The molecular formula is C28H16N2S2. The summed E-state index contributed by atoms with van der Waals surface area (Å²) >= 11 is 3.33. The largest absolute Gasteiger partial charge is 0.223 e. The fraction of sp³-hybridized carbons (Fsp3) is 0. The molecule has 2 aromatic heterocycles. The molecule has 0 fully saturated rings. The Morgan fingerprint density at radius 2 is 0.875 bits per heavy atom. The van der Waals surface area contributed by atoms with E-state index in [1.807, 2.05) is 18.2 Å². The minimum Gasteiger partial charge on any atom is -0.223 e. The first-order valence-electron chi connectivity index (χ1n) is 10.5. The lowest BCUT2D eigenvalue weighted by molar-refractivity contribution is 1.49. The first kappa shape index (κ1) is 18.0. The van der Waals surface area contributed by atoms with Crippen LogP contribution in [0.2, 0.25) is 0 Å². The van der Waals surface area contributed by atoms with Crippen molar-refractivity contribution in [2.24, 2.45) is 0 Å². The molecule has 0 spiro atoms. The van der Waals surface area contributed by atoms with Crippen LogP contribution in [0.25, 0.3) is 63.1 Å². The number of thiazole rings is 2. The van der Waals surface area contributed by atoms with Crippen LogP contribution in [0.5, 0.6) is 0 Å².